The van der Waals surface area contributed by atoms with Gasteiger partial charge >= 0.3 is 0 Å². The van der Waals surface area contributed by atoms with E-state index in [0.29, 0.717) is 6.04 Å². The summed E-state index contributed by atoms with van der Waals surface area (Å²) in [6.07, 6.45) is 4.61. The zero-order chi connectivity index (χ0) is 13.9. The van der Waals surface area contributed by atoms with Gasteiger partial charge in [0.15, 0.2) is 0 Å². The van der Waals surface area contributed by atoms with Crippen molar-refractivity contribution >= 4 is 5.69 Å². The predicted octanol–water partition coefficient (Wildman–Crippen LogP) is 1.86. The molecule has 1 aromatic heterocycles. The fourth-order valence-corrected chi connectivity index (χ4v) is 2.99. The van der Waals surface area contributed by atoms with Gasteiger partial charge in [-0.25, -0.2) is 0 Å². The van der Waals surface area contributed by atoms with Crippen LogP contribution in [0.5, 0.6) is 0 Å². The number of hydrogen-bond donors (Lipinski definition) is 1. The molecule has 1 N–H and O–H groups in total. The molecule has 1 aliphatic carbocycles. The highest BCUT2D eigenvalue weighted by atomic mass is 15.3. The van der Waals surface area contributed by atoms with E-state index in [0.717, 1.165) is 38.8 Å². The largest absolute Gasteiger partial charge is 0.369 e. The van der Waals surface area contributed by atoms with Gasteiger partial charge in [0.25, 0.3) is 0 Å². The van der Waals surface area contributed by atoms with E-state index < -0.39 is 0 Å². The van der Waals surface area contributed by atoms with Crippen molar-refractivity contribution in [3.63, 3.8) is 0 Å². The minimum Gasteiger partial charge on any atom is -0.369 e. The van der Waals surface area contributed by atoms with E-state index in [1.54, 1.807) is 0 Å². The van der Waals surface area contributed by atoms with E-state index in [1.165, 1.54) is 24.2 Å². The third kappa shape index (κ3) is 3.30. The smallest absolute Gasteiger partial charge is 0.0562 e. The fourth-order valence-electron chi connectivity index (χ4n) is 2.99. The average molecular weight is 274 g/mol. The van der Waals surface area contributed by atoms with Crippen LogP contribution in [0.3, 0.4) is 0 Å². The molecular weight excluding hydrogens is 248 g/mol. The number of hydrogen-bond acceptors (Lipinski definition) is 4. The predicted molar refractivity (Wildman–Crippen MR) is 83.0 cm³/mol. The first-order valence-corrected chi connectivity index (χ1v) is 7.93. The molecule has 1 saturated carbocycles. The number of nitrogens with one attached hydrogen (secondary N) is 1. The molecule has 0 radical (unpaired) electrons. The minimum absolute atomic E-state index is 0.634. The van der Waals surface area contributed by atoms with Crippen LogP contribution in [0.1, 0.15) is 32.4 Å². The van der Waals surface area contributed by atoms with Crippen LogP contribution in [0.25, 0.3) is 0 Å². The summed E-state index contributed by atoms with van der Waals surface area (Å²) in [5, 5.41) is 3.54. The van der Waals surface area contributed by atoms with Crippen LogP contribution in [-0.4, -0.2) is 48.1 Å². The lowest BCUT2D eigenvalue weighted by Gasteiger charge is -2.40. The summed E-state index contributed by atoms with van der Waals surface area (Å²) < 4.78 is 0. The first-order valence-electron chi connectivity index (χ1n) is 7.93. The van der Waals surface area contributed by atoms with Crippen LogP contribution in [-0.2, 0) is 6.54 Å². The molecule has 0 bridgehead atoms. The normalized spacial score (nSPS) is 24.1. The van der Waals surface area contributed by atoms with Crippen LogP contribution in [0.15, 0.2) is 18.3 Å². The van der Waals surface area contributed by atoms with Gasteiger partial charge in [-0.2, -0.15) is 0 Å². The summed E-state index contributed by atoms with van der Waals surface area (Å²) in [6, 6.07) is 5.78. The van der Waals surface area contributed by atoms with Crippen molar-refractivity contribution in [1.29, 1.82) is 0 Å². The van der Waals surface area contributed by atoms with Gasteiger partial charge < -0.3 is 10.2 Å². The number of nitrogens with zero attached hydrogens (tertiary/aromatic N) is 3. The van der Waals surface area contributed by atoms with E-state index in [9.17, 15) is 0 Å². The molecule has 110 valence electrons. The second-order valence-corrected chi connectivity index (χ2v) is 6.08. The zero-order valence-electron chi connectivity index (χ0n) is 12.7. The molecule has 2 heterocycles. The number of likely N-dealkylation sites (N-methyl/N-ethyl adjacent to an activating group) is 1. The molecule has 0 spiro atoms. The monoisotopic (exact) mass is 274 g/mol. The number of rotatable bonds is 5. The highest BCUT2D eigenvalue weighted by Gasteiger charge is 2.23. The summed E-state index contributed by atoms with van der Waals surface area (Å²) in [5.41, 5.74) is 2.50. The van der Waals surface area contributed by atoms with Gasteiger partial charge in [-0.05, 0) is 38.4 Å². The minimum atomic E-state index is 0.634. The van der Waals surface area contributed by atoms with Gasteiger partial charge in [-0.1, -0.05) is 6.92 Å². The quantitative estimate of drug-likeness (QED) is 0.888. The zero-order valence-corrected chi connectivity index (χ0v) is 12.7. The Labute approximate surface area is 122 Å². The maximum atomic E-state index is 4.48. The summed E-state index contributed by atoms with van der Waals surface area (Å²) in [5.74, 6) is 0. The highest BCUT2D eigenvalue weighted by molar-refractivity contribution is 5.47. The van der Waals surface area contributed by atoms with E-state index in [1.807, 2.05) is 6.20 Å². The molecule has 3 rings (SSSR count). The number of aromatic nitrogens is 1. The van der Waals surface area contributed by atoms with Gasteiger partial charge in [0.05, 0.1) is 5.69 Å². The Hall–Kier alpha value is -1.13. The lowest BCUT2D eigenvalue weighted by atomic mass is 10.1. The van der Waals surface area contributed by atoms with Gasteiger partial charge in [0, 0.05) is 50.1 Å². The Morgan fingerprint density at radius 3 is 2.90 bits per heavy atom. The topological polar surface area (TPSA) is 31.4 Å². The second-order valence-electron chi connectivity index (χ2n) is 6.08. The van der Waals surface area contributed by atoms with Crippen LogP contribution < -0.4 is 10.2 Å². The Balaban J connectivity index is 1.62. The number of anilines is 1. The molecule has 1 saturated heterocycles. The Morgan fingerprint density at radius 1 is 1.35 bits per heavy atom. The molecule has 4 heteroatoms. The maximum absolute atomic E-state index is 4.48. The molecule has 0 aromatic carbocycles. The fraction of sp³-hybridized carbons (Fsp3) is 0.688. The third-order valence-corrected chi connectivity index (χ3v) is 4.49. The molecule has 4 nitrogen and oxygen atoms in total. The van der Waals surface area contributed by atoms with Crippen LogP contribution in [0.4, 0.5) is 5.69 Å². The molecule has 0 amide bonds. The van der Waals surface area contributed by atoms with Gasteiger partial charge in [-0.3, -0.25) is 9.88 Å². The first-order chi connectivity index (χ1) is 9.76. The van der Waals surface area contributed by atoms with Crippen molar-refractivity contribution in [3.8, 4) is 0 Å². The lowest BCUT2D eigenvalue weighted by Crippen LogP contribution is -2.51. The molecule has 1 atom stereocenters. The van der Waals surface area contributed by atoms with Crippen molar-refractivity contribution in [1.82, 2.24) is 15.2 Å². The molecule has 1 aromatic rings. The standard InChI is InChI=1S/C16H26N4/c1-3-19-8-9-20(12-13(19)2)16-6-7-17-15(10-16)11-18-14-4-5-14/h6-7,10,13-14,18H,3-5,8-9,11-12H2,1-2H3. The molecule has 1 aliphatic heterocycles. The molecular formula is C16H26N4. The van der Waals surface area contributed by atoms with Crippen LogP contribution >= 0.6 is 0 Å². The summed E-state index contributed by atoms with van der Waals surface area (Å²) >= 11 is 0. The van der Waals surface area contributed by atoms with Crippen molar-refractivity contribution in [2.45, 2.75) is 45.3 Å². The average Bonchev–Trinajstić information content (AvgIpc) is 3.29. The van der Waals surface area contributed by atoms with Gasteiger partial charge in [0.1, 0.15) is 0 Å². The van der Waals surface area contributed by atoms with Crippen LogP contribution in [0, 0.1) is 0 Å². The Kier molecular flexibility index (Phi) is 4.22. The molecule has 2 aliphatic rings. The summed E-state index contributed by atoms with van der Waals surface area (Å²) in [7, 11) is 0. The number of piperazine rings is 1. The van der Waals surface area contributed by atoms with Crippen LogP contribution in [0.2, 0.25) is 0 Å². The third-order valence-electron chi connectivity index (χ3n) is 4.49. The van der Waals surface area contributed by atoms with Crippen molar-refractivity contribution in [2.24, 2.45) is 0 Å². The molecule has 2 fully saturated rings. The maximum Gasteiger partial charge on any atom is 0.0562 e. The lowest BCUT2D eigenvalue weighted by molar-refractivity contribution is 0.199. The second kappa shape index (κ2) is 6.10. The van der Waals surface area contributed by atoms with Gasteiger partial charge in [0.2, 0.25) is 0 Å². The summed E-state index contributed by atoms with van der Waals surface area (Å²) in [6.45, 7) is 10.0. The molecule has 20 heavy (non-hydrogen) atoms. The van der Waals surface area contributed by atoms with E-state index in [2.05, 4.69) is 46.1 Å². The highest BCUT2D eigenvalue weighted by Crippen LogP contribution is 2.21. The molecule has 1 unspecified atom stereocenters. The van der Waals surface area contributed by atoms with Gasteiger partial charge in [-0.15, -0.1) is 0 Å². The van der Waals surface area contributed by atoms with Crippen molar-refractivity contribution in [2.75, 3.05) is 31.1 Å². The summed E-state index contributed by atoms with van der Waals surface area (Å²) in [4.78, 5) is 9.53. The number of pyridine rings is 1. The first kappa shape index (κ1) is 13.8. The van der Waals surface area contributed by atoms with Crippen molar-refractivity contribution in [3.05, 3.63) is 24.0 Å². The van der Waals surface area contributed by atoms with E-state index in [4.69, 9.17) is 0 Å². The van der Waals surface area contributed by atoms with E-state index >= 15 is 0 Å². The van der Waals surface area contributed by atoms with E-state index in [-0.39, 0.29) is 0 Å². The SMILES string of the molecule is CCN1CCN(c2ccnc(CNC3CC3)c2)CC1C. The Bertz CT molecular complexity index is 444. The Morgan fingerprint density at radius 2 is 2.20 bits per heavy atom. The van der Waals surface area contributed by atoms with Crippen molar-refractivity contribution < 1.29 is 0 Å².